The number of pyridine rings is 2. The van der Waals surface area contributed by atoms with Crippen LogP contribution < -0.4 is 21.3 Å². The Hall–Kier alpha value is -10.7. The zero-order chi connectivity index (χ0) is 96.2. The van der Waals surface area contributed by atoms with Gasteiger partial charge in [-0.05, 0) is 248 Å². The first-order valence-electron chi connectivity index (χ1n) is 49.0. The Morgan fingerprint density at radius 1 is 0.383 bits per heavy atom. The van der Waals surface area contributed by atoms with E-state index < -0.39 is 0 Å². The molecule has 16 nitrogen and oxygen atoms in total. The lowest BCUT2D eigenvalue weighted by molar-refractivity contribution is 0.118. The van der Waals surface area contributed by atoms with Crippen LogP contribution in [0.5, 0.6) is 0 Å². The van der Waals surface area contributed by atoms with Crippen molar-refractivity contribution in [1.82, 2.24) is 64.4 Å². The number of aromatic amines is 3. The van der Waals surface area contributed by atoms with Crippen LogP contribution in [0.4, 0.5) is 17.1 Å². The Morgan fingerprint density at radius 2 is 0.887 bits per heavy atom. The summed E-state index contributed by atoms with van der Waals surface area (Å²) in [5.41, 5.74) is 27.7. The first kappa shape index (κ1) is 103. The van der Waals surface area contributed by atoms with Crippen LogP contribution in [-0.2, 0) is 80.2 Å². The van der Waals surface area contributed by atoms with Gasteiger partial charge in [-0.3, -0.25) is 29.6 Å². The maximum atomic E-state index is 4.53. The molecule has 133 heavy (non-hydrogen) atoms. The monoisotopic (exact) mass is 1790 g/mol. The van der Waals surface area contributed by atoms with Crippen LogP contribution in [0.15, 0.2) is 249 Å². The van der Waals surface area contributed by atoms with Crippen molar-refractivity contribution in [3.8, 4) is 0 Å². The molecule has 16 heteroatoms. The average Bonchev–Trinajstić information content (AvgIpc) is 1.81. The Morgan fingerprint density at radius 3 is 1.45 bits per heavy atom. The normalized spacial score (nSPS) is 16.2. The van der Waals surface area contributed by atoms with Crippen molar-refractivity contribution in [2.45, 2.75) is 309 Å². The molecule has 20 rings (SSSR count). The van der Waals surface area contributed by atoms with Gasteiger partial charge in [0.05, 0.1) is 47.4 Å². The zero-order valence-corrected chi connectivity index (χ0v) is 86.0. The molecule has 710 valence electrons. The lowest BCUT2D eigenvalue weighted by atomic mass is 9.80. The van der Waals surface area contributed by atoms with Crippen LogP contribution >= 0.6 is 0 Å². The molecular formula is C117H162N16. The predicted octanol–water partition coefficient (Wildman–Crippen LogP) is 27.4. The number of rotatable bonds is 3. The molecule has 0 spiro atoms. The van der Waals surface area contributed by atoms with Gasteiger partial charge in [0.2, 0.25) is 0 Å². The Labute approximate surface area is 799 Å². The molecule has 0 aliphatic carbocycles. The van der Waals surface area contributed by atoms with Gasteiger partial charge in [-0.1, -0.05) is 256 Å². The van der Waals surface area contributed by atoms with E-state index in [1.807, 2.05) is 67.3 Å². The van der Waals surface area contributed by atoms with Crippen LogP contribution in [-0.4, -0.2) is 121 Å². The van der Waals surface area contributed by atoms with Crippen LogP contribution in [0, 0.1) is 10.8 Å². The van der Waals surface area contributed by atoms with Crippen molar-refractivity contribution < 1.29 is 0 Å². The number of para-hydroxylation sites is 9. The number of aryl methyl sites for hydroxylation is 1. The lowest BCUT2D eigenvalue weighted by Crippen LogP contribution is -2.44. The summed E-state index contributed by atoms with van der Waals surface area (Å²) in [6.07, 6.45) is 13.7. The number of hydrogen-bond acceptors (Lipinski definition) is 12. The Kier molecular flexibility index (Phi) is 35.2. The van der Waals surface area contributed by atoms with Gasteiger partial charge in [0, 0.05) is 168 Å². The first-order chi connectivity index (χ1) is 62.8. The van der Waals surface area contributed by atoms with E-state index >= 15 is 0 Å². The molecule has 8 aromatic carbocycles. The molecule has 6 aromatic heterocycles. The van der Waals surface area contributed by atoms with Crippen LogP contribution in [0.1, 0.15) is 261 Å². The summed E-state index contributed by atoms with van der Waals surface area (Å²) in [7, 11) is 0. The summed E-state index contributed by atoms with van der Waals surface area (Å²) < 4.78 is 2.20. The van der Waals surface area contributed by atoms with E-state index in [1.165, 1.54) is 125 Å². The van der Waals surface area contributed by atoms with Gasteiger partial charge in [-0.25, -0.2) is 9.97 Å². The topological polar surface area (TPSA) is 165 Å². The number of hydrogen-bond donors (Lipinski definition) is 7. The van der Waals surface area contributed by atoms with Gasteiger partial charge < -0.3 is 40.8 Å². The second kappa shape index (κ2) is 45.5. The molecular weight excluding hydrogens is 1630 g/mol. The quantitative estimate of drug-likeness (QED) is 0.0897. The van der Waals surface area contributed by atoms with Crippen molar-refractivity contribution in [2.24, 2.45) is 10.8 Å². The number of nitrogens with one attached hydrogen (secondary N) is 7. The Balaban J connectivity index is 0.000000142. The molecule has 2 unspecified atom stereocenters. The van der Waals surface area contributed by atoms with Crippen LogP contribution in [0.3, 0.4) is 0 Å². The minimum atomic E-state index is 0.0962. The summed E-state index contributed by atoms with van der Waals surface area (Å²) in [6, 6.07) is 81.3. The van der Waals surface area contributed by atoms with Crippen molar-refractivity contribution >= 4 is 60.9 Å². The molecule has 14 aromatic rings. The number of aromatic nitrogens is 8. The van der Waals surface area contributed by atoms with Gasteiger partial charge in [0.1, 0.15) is 5.82 Å². The zero-order valence-electron chi connectivity index (χ0n) is 86.0. The molecule has 12 heterocycles. The van der Waals surface area contributed by atoms with Crippen molar-refractivity contribution in [1.29, 1.82) is 0 Å². The fraction of sp³-hybridized carbons (Fsp3) is 0.453. The molecule has 7 N–H and O–H groups in total. The van der Waals surface area contributed by atoms with Crippen molar-refractivity contribution in [3.05, 3.63) is 317 Å². The largest absolute Gasteiger partial charge is 0.382 e. The van der Waals surface area contributed by atoms with Gasteiger partial charge in [0.15, 0.2) is 0 Å². The highest BCUT2D eigenvalue weighted by molar-refractivity contribution is 5.84. The van der Waals surface area contributed by atoms with E-state index in [0.29, 0.717) is 41.0 Å². The number of nitrogens with zero attached hydrogens (tertiary/aromatic N) is 9. The third-order valence-corrected chi connectivity index (χ3v) is 26.1. The minimum Gasteiger partial charge on any atom is -0.382 e. The third kappa shape index (κ3) is 29.6. The molecule has 0 saturated carbocycles. The highest BCUT2D eigenvalue weighted by Crippen LogP contribution is 2.36. The molecule has 6 aliphatic heterocycles. The van der Waals surface area contributed by atoms with Gasteiger partial charge in [-0.2, -0.15) is 0 Å². The Bertz CT molecular complexity index is 5370. The number of anilines is 3. The van der Waals surface area contributed by atoms with Gasteiger partial charge >= 0.3 is 0 Å². The maximum Gasteiger partial charge on any atom is 0.112 e. The van der Waals surface area contributed by atoms with E-state index in [1.54, 1.807) is 0 Å². The second-order valence-electron chi connectivity index (χ2n) is 44.7. The van der Waals surface area contributed by atoms with Gasteiger partial charge in [-0.15, -0.1) is 0 Å². The minimum absolute atomic E-state index is 0.0962. The van der Waals surface area contributed by atoms with E-state index in [0.717, 1.165) is 94.4 Å². The molecule has 0 saturated heterocycles. The number of H-pyrrole nitrogens is 3. The summed E-state index contributed by atoms with van der Waals surface area (Å²) in [4.78, 5) is 37.6. The fourth-order valence-electron chi connectivity index (χ4n) is 17.2. The van der Waals surface area contributed by atoms with E-state index in [2.05, 4.69) is 449 Å². The van der Waals surface area contributed by atoms with Crippen molar-refractivity contribution in [2.75, 3.05) is 42.4 Å². The van der Waals surface area contributed by atoms with E-state index in [4.69, 9.17) is 0 Å². The summed E-state index contributed by atoms with van der Waals surface area (Å²) >= 11 is 0. The number of imidazole rings is 2. The third-order valence-electron chi connectivity index (χ3n) is 26.1. The highest BCUT2D eigenvalue weighted by Gasteiger charge is 2.32. The lowest BCUT2D eigenvalue weighted by Gasteiger charge is -2.38. The average molecular weight is 1790 g/mol. The summed E-state index contributed by atoms with van der Waals surface area (Å²) in [5.74, 6) is 1.05. The standard InChI is InChI=1S/2C13H19N.C12H18N2.2C12H15N.2C11H14N2.3C11H16N2/c1-13(2,3)12-8-10-6-4-5-7-11(10)9-14-12;1-13(2,3)12-9-8-10-6-4-5-7-11(10)14-12;1-12(2,3)14-8-6-10-5-4-7-13-11(10)9-14;1-12(2,3)10-8-13-11-7-5-4-6-9(10)11;1-12(2,3)11-8-9-6-4-5-7-10(9)13-11;1-11(2,3)13-8-12-9-6-4-5-7-10(9)13;1-11(2,3)10-12-8-6-4-5-7-9(8)13-10;1-9(2)13-7-5-11-10(8-13)4-3-6-12-11;2*1-9(2)13-7-10-5-3-4-6-11(10)12-8-13/h2*4-7,12,14H,8-9H2,1-3H3;4-5,7H,6,8-9H2,1-3H3;2*4-8,13H,1-3H3;4-8H,1-3H3;4-7H,1-3H3,(H,12,13);3-4,6,9H,5,7-8H2,1-2H3;2*3-6,9,12H,7-8H2,1-2H3. The van der Waals surface area contributed by atoms with E-state index in [9.17, 15) is 0 Å². The molecule has 2 atom stereocenters. The second-order valence-corrected chi connectivity index (χ2v) is 44.7. The van der Waals surface area contributed by atoms with Crippen LogP contribution in [0.25, 0.3) is 43.9 Å². The number of fused-ring (bicyclic) bond motifs is 10. The highest BCUT2D eigenvalue weighted by atomic mass is 15.3. The smallest absolute Gasteiger partial charge is 0.112 e. The molecule has 0 amide bonds. The summed E-state index contributed by atoms with van der Waals surface area (Å²) in [6.45, 7) is 69.9. The van der Waals surface area contributed by atoms with Crippen molar-refractivity contribution in [3.63, 3.8) is 0 Å². The molecule has 0 radical (unpaired) electrons. The van der Waals surface area contributed by atoms with Crippen LogP contribution in [0.2, 0.25) is 0 Å². The van der Waals surface area contributed by atoms with Gasteiger partial charge in [0.25, 0.3) is 0 Å². The van der Waals surface area contributed by atoms with E-state index in [-0.39, 0.29) is 27.3 Å². The first-order valence-corrected chi connectivity index (χ1v) is 49.0. The summed E-state index contributed by atoms with van der Waals surface area (Å²) in [5, 5.41) is 16.7. The molecule has 0 bridgehead atoms. The molecule has 0 fully saturated rings. The SMILES string of the molecule is CC(C)(C)C1CCc2ccccc2N1.CC(C)(C)C1Cc2ccccc2CN1.CC(C)(C)N1CCc2cccnc2C1.CC(C)(C)c1c[nH]c2ccccc12.CC(C)(C)c1cc2ccccc2[nH]1.CC(C)(C)c1nc2ccccc2[nH]1.CC(C)(C)n1cnc2ccccc21.CC(C)N1CCc2ncccc2C1.CC(C)N1CNc2ccccc2C1.CC(C)N1CNc2ccccc2C1. The molecule has 6 aliphatic rings. The fourth-order valence-corrected chi connectivity index (χ4v) is 17.2. The number of benzene rings is 8. The maximum absolute atomic E-state index is 4.53. The predicted molar refractivity (Wildman–Crippen MR) is 568 cm³/mol.